The van der Waals surface area contributed by atoms with Crippen molar-refractivity contribution in [2.24, 2.45) is 5.73 Å². The highest BCUT2D eigenvalue weighted by Gasteiger charge is 2.19. The van der Waals surface area contributed by atoms with Crippen molar-refractivity contribution < 1.29 is 0 Å². The Kier molecular flexibility index (Phi) is 4.00. The van der Waals surface area contributed by atoms with Gasteiger partial charge in [0, 0.05) is 25.3 Å². The van der Waals surface area contributed by atoms with E-state index in [-0.39, 0.29) is 6.04 Å². The van der Waals surface area contributed by atoms with Crippen LogP contribution in [0.3, 0.4) is 0 Å². The average molecular weight is 233 g/mol. The Balaban J connectivity index is 2.12. The van der Waals surface area contributed by atoms with Crippen LogP contribution in [0.1, 0.15) is 50.6 Å². The Morgan fingerprint density at radius 3 is 2.71 bits per heavy atom. The fourth-order valence-corrected chi connectivity index (χ4v) is 2.57. The van der Waals surface area contributed by atoms with Gasteiger partial charge in [0.15, 0.2) is 0 Å². The lowest BCUT2D eigenvalue weighted by Gasteiger charge is -2.32. The van der Waals surface area contributed by atoms with Crippen molar-refractivity contribution in [3.8, 4) is 0 Å². The van der Waals surface area contributed by atoms with Gasteiger partial charge in [-0.2, -0.15) is 0 Å². The largest absolute Gasteiger partial charge is 0.357 e. The molecule has 0 saturated heterocycles. The molecule has 0 spiro atoms. The van der Waals surface area contributed by atoms with Gasteiger partial charge in [0.05, 0.1) is 0 Å². The van der Waals surface area contributed by atoms with Gasteiger partial charge < -0.3 is 10.6 Å². The van der Waals surface area contributed by atoms with Crippen molar-refractivity contribution in [3.05, 3.63) is 23.9 Å². The standard InChI is InChI=1S/C14H23N3/c1-11(15)12-8-9-16-14(10-12)17(2)13-6-4-3-5-7-13/h8-11,13H,3-7,15H2,1-2H3. The molecule has 2 rings (SSSR count). The highest BCUT2D eigenvalue weighted by atomic mass is 15.2. The van der Waals surface area contributed by atoms with Crippen LogP contribution in [0.5, 0.6) is 0 Å². The molecule has 0 aliphatic heterocycles. The van der Waals surface area contributed by atoms with Crippen LogP contribution in [0.2, 0.25) is 0 Å². The molecule has 17 heavy (non-hydrogen) atoms. The first-order chi connectivity index (χ1) is 8.18. The molecule has 1 heterocycles. The van der Waals surface area contributed by atoms with Crippen molar-refractivity contribution in [2.75, 3.05) is 11.9 Å². The number of pyridine rings is 1. The minimum atomic E-state index is 0.0801. The highest BCUT2D eigenvalue weighted by molar-refractivity contribution is 5.42. The average Bonchev–Trinajstić information content (AvgIpc) is 2.39. The number of nitrogens with zero attached hydrogens (tertiary/aromatic N) is 2. The van der Waals surface area contributed by atoms with Crippen LogP contribution in [0.4, 0.5) is 5.82 Å². The fraction of sp³-hybridized carbons (Fsp3) is 0.643. The van der Waals surface area contributed by atoms with Gasteiger partial charge >= 0.3 is 0 Å². The minimum absolute atomic E-state index is 0.0801. The summed E-state index contributed by atoms with van der Waals surface area (Å²) >= 11 is 0. The summed E-state index contributed by atoms with van der Waals surface area (Å²) in [5, 5.41) is 0. The zero-order chi connectivity index (χ0) is 12.3. The summed E-state index contributed by atoms with van der Waals surface area (Å²) in [4.78, 5) is 6.79. The van der Waals surface area contributed by atoms with Gasteiger partial charge in [-0.05, 0) is 37.5 Å². The van der Waals surface area contributed by atoms with E-state index in [1.165, 1.54) is 32.1 Å². The van der Waals surface area contributed by atoms with Crippen LogP contribution in [0, 0.1) is 0 Å². The predicted molar refractivity (Wildman–Crippen MR) is 72.1 cm³/mol. The smallest absolute Gasteiger partial charge is 0.128 e. The number of nitrogens with two attached hydrogens (primary N) is 1. The SMILES string of the molecule is CC(N)c1ccnc(N(C)C2CCCCC2)c1. The summed E-state index contributed by atoms with van der Waals surface area (Å²) in [6.07, 6.45) is 8.54. The number of aromatic nitrogens is 1. The molecule has 1 atom stereocenters. The number of hydrogen-bond acceptors (Lipinski definition) is 3. The first-order valence-corrected chi connectivity index (χ1v) is 6.63. The maximum absolute atomic E-state index is 5.91. The number of rotatable bonds is 3. The second kappa shape index (κ2) is 5.50. The highest BCUT2D eigenvalue weighted by Crippen LogP contribution is 2.25. The van der Waals surface area contributed by atoms with E-state index in [2.05, 4.69) is 23.0 Å². The Bertz CT molecular complexity index is 356. The molecule has 94 valence electrons. The second-order valence-electron chi connectivity index (χ2n) is 5.14. The minimum Gasteiger partial charge on any atom is -0.357 e. The summed E-state index contributed by atoms with van der Waals surface area (Å²) in [5.74, 6) is 1.06. The zero-order valence-corrected chi connectivity index (χ0v) is 10.9. The molecule has 1 aromatic rings. The summed E-state index contributed by atoms with van der Waals surface area (Å²) in [6.45, 7) is 2.01. The lowest BCUT2D eigenvalue weighted by Crippen LogP contribution is -2.34. The van der Waals surface area contributed by atoms with Gasteiger partial charge in [0.2, 0.25) is 0 Å². The fourth-order valence-electron chi connectivity index (χ4n) is 2.57. The molecule has 0 radical (unpaired) electrons. The van der Waals surface area contributed by atoms with Crippen molar-refractivity contribution in [1.82, 2.24) is 4.98 Å². The molecule has 3 heteroatoms. The van der Waals surface area contributed by atoms with E-state index in [1.54, 1.807) is 0 Å². The molecular formula is C14H23N3. The van der Waals surface area contributed by atoms with Crippen LogP contribution < -0.4 is 10.6 Å². The van der Waals surface area contributed by atoms with E-state index >= 15 is 0 Å². The van der Waals surface area contributed by atoms with E-state index in [0.29, 0.717) is 6.04 Å². The third-order valence-corrected chi connectivity index (χ3v) is 3.78. The molecule has 1 aromatic heterocycles. The van der Waals surface area contributed by atoms with E-state index in [0.717, 1.165) is 11.4 Å². The number of hydrogen-bond donors (Lipinski definition) is 1. The molecule has 0 amide bonds. The van der Waals surface area contributed by atoms with Gasteiger partial charge in [0.1, 0.15) is 5.82 Å². The Morgan fingerprint density at radius 1 is 1.35 bits per heavy atom. The lowest BCUT2D eigenvalue weighted by molar-refractivity contribution is 0.426. The van der Waals surface area contributed by atoms with E-state index in [9.17, 15) is 0 Å². The van der Waals surface area contributed by atoms with E-state index in [1.807, 2.05) is 19.2 Å². The van der Waals surface area contributed by atoms with Crippen LogP contribution in [-0.4, -0.2) is 18.1 Å². The molecule has 1 fully saturated rings. The van der Waals surface area contributed by atoms with Gasteiger partial charge in [-0.25, -0.2) is 4.98 Å². The van der Waals surface area contributed by atoms with Gasteiger partial charge in [0.25, 0.3) is 0 Å². The molecule has 0 aromatic carbocycles. The lowest BCUT2D eigenvalue weighted by atomic mass is 9.94. The topological polar surface area (TPSA) is 42.1 Å². The van der Waals surface area contributed by atoms with Crippen LogP contribution in [0.15, 0.2) is 18.3 Å². The third-order valence-electron chi connectivity index (χ3n) is 3.78. The quantitative estimate of drug-likeness (QED) is 0.873. The summed E-state index contributed by atoms with van der Waals surface area (Å²) in [6, 6.07) is 4.86. The van der Waals surface area contributed by atoms with Crippen molar-refractivity contribution >= 4 is 5.82 Å². The molecule has 2 N–H and O–H groups in total. The van der Waals surface area contributed by atoms with Crippen LogP contribution >= 0.6 is 0 Å². The molecule has 1 saturated carbocycles. The molecular weight excluding hydrogens is 210 g/mol. The van der Waals surface area contributed by atoms with Crippen LogP contribution in [0.25, 0.3) is 0 Å². The summed E-state index contributed by atoms with van der Waals surface area (Å²) < 4.78 is 0. The summed E-state index contributed by atoms with van der Waals surface area (Å²) in [5.41, 5.74) is 7.08. The van der Waals surface area contributed by atoms with Crippen molar-refractivity contribution in [2.45, 2.75) is 51.1 Å². The van der Waals surface area contributed by atoms with E-state index in [4.69, 9.17) is 5.73 Å². The summed E-state index contributed by atoms with van der Waals surface area (Å²) in [7, 11) is 2.16. The maximum atomic E-state index is 5.91. The van der Waals surface area contributed by atoms with Crippen LogP contribution in [-0.2, 0) is 0 Å². The molecule has 1 aliphatic carbocycles. The zero-order valence-electron chi connectivity index (χ0n) is 10.9. The van der Waals surface area contributed by atoms with Gasteiger partial charge in [-0.15, -0.1) is 0 Å². The third kappa shape index (κ3) is 2.97. The van der Waals surface area contributed by atoms with Crippen molar-refractivity contribution in [3.63, 3.8) is 0 Å². The monoisotopic (exact) mass is 233 g/mol. The molecule has 1 aliphatic rings. The van der Waals surface area contributed by atoms with Gasteiger partial charge in [-0.1, -0.05) is 19.3 Å². The Morgan fingerprint density at radius 2 is 2.06 bits per heavy atom. The van der Waals surface area contributed by atoms with Gasteiger partial charge in [-0.3, -0.25) is 0 Å². The maximum Gasteiger partial charge on any atom is 0.128 e. The second-order valence-corrected chi connectivity index (χ2v) is 5.14. The predicted octanol–water partition coefficient (Wildman–Crippen LogP) is 2.87. The normalized spacial score (nSPS) is 19.0. The van der Waals surface area contributed by atoms with E-state index < -0.39 is 0 Å². The van der Waals surface area contributed by atoms with Crippen molar-refractivity contribution in [1.29, 1.82) is 0 Å². The Labute approximate surface area is 104 Å². The first-order valence-electron chi connectivity index (χ1n) is 6.63. The first kappa shape index (κ1) is 12.4. The number of anilines is 1. The molecule has 3 nitrogen and oxygen atoms in total. The molecule has 1 unspecified atom stereocenters. The Hall–Kier alpha value is -1.09. The molecule has 0 bridgehead atoms.